The van der Waals surface area contributed by atoms with Crippen molar-refractivity contribution in [2.75, 3.05) is 0 Å². The first kappa shape index (κ1) is 9.19. The molecule has 1 aromatic rings. The van der Waals surface area contributed by atoms with E-state index < -0.39 is 0 Å². The van der Waals surface area contributed by atoms with Crippen LogP contribution >= 0.6 is 15.9 Å². The van der Waals surface area contributed by atoms with E-state index in [1.807, 2.05) is 24.3 Å². The molecule has 0 saturated heterocycles. The third-order valence-corrected chi connectivity index (χ3v) is 3.30. The standard InChI is InChI=1S/C10H12BrNO/c11-9-4-2-1-3-8(9)10(12)5-7(13)6-10/h1-4,7,13H,5-6,12H2. The molecule has 0 heterocycles. The monoisotopic (exact) mass is 241 g/mol. The summed E-state index contributed by atoms with van der Waals surface area (Å²) in [5, 5.41) is 9.24. The molecule has 1 aliphatic rings. The predicted octanol–water partition coefficient (Wildman–Crippen LogP) is 1.76. The molecule has 1 fully saturated rings. The lowest BCUT2D eigenvalue weighted by atomic mass is 9.71. The summed E-state index contributed by atoms with van der Waals surface area (Å²) in [7, 11) is 0. The average molecular weight is 242 g/mol. The fraction of sp³-hybridized carbons (Fsp3) is 0.400. The Morgan fingerprint density at radius 2 is 2.00 bits per heavy atom. The molecule has 0 spiro atoms. The summed E-state index contributed by atoms with van der Waals surface area (Å²) in [6.07, 6.45) is 1.10. The van der Waals surface area contributed by atoms with Gasteiger partial charge in [-0.15, -0.1) is 0 Å². The van der Waals surface area contributed by atoms with E-state index in [-0.39, 0.29) is 11.6 Å². The third-order valence-electron chi connectivity index (χ3n) is 2.61. The highest BCUT2D eigenvalue weighted by atomic mass is 79.9. The number of aliphatic hydroxyl groups is 1. The first-order chi connectivity index (χ1) is 6.12. The quantitative estimate of drug-likeness (QED) is 0.788. The van der Waals surface area contributed by atoms with Crippen LogP contribution in [0.25, 0.3) is 0 Å². The van der Waals surface area contributed by atoms with Gasteiger partial charge < -0.3 is 10.8 Å². The molecule has 13 heavy (non-hydrogen) atoms. The van der Waals surface area contributed by atoms with E-state index in [0.717, 1.165) is 10.0 Å². The highest BCUT2D eigenvalue weighted by molar-refractivity contribution is 9.10. The van der Waals surface area contributed by atoms with Gasteiger partial charge in [-0.05, 0) is 24.5 Å². The van der Waals surface area contributed by atoms with Crippen LogP contribution in [0.15, 0.2) is 28.7 Å². The number of aliphatic hydroxyl groups excluding tert-OH is 1. The lowest BCUT2D eigenvalue weighted by Gasteiger charge is -2.43. The number of nitrogens with two attached hydrogens (primary N) is 1. The van der Waals surface area contributed by atoms with Crippen LogP contribution in [-0.2, 0) is 5.54 Å². The molecule has 0 radical (unpaired) electrons. The van der Waals surface area contributed by atoms with Crippen molar-refractivity contribution in [3.05, 3.63) is 34.3 Å². The molecule has 70 valence electrons. The zero-order valence-electron chi connectivity index (χ0n) is 7.20. The van der Waals surface area contributed by atoms with Gasteiger partial charge in [-0.2, -0.15) is 0 Å². The van der Waals surface area contributed by atoms with Crippen molar-refractivity contribution in [2.45, 2.75) is 24.5 Å². The summed E-state index contributed by atoms with van der Waals surface area (Å²) in [5.41, 5.74) is 6.90. The maximum Gasteiger partial charge on any atom is 0.0582 e. The van der Waals surface area contributed by atoms with Gasteiger partial charge in [-0.1, -0.05) is 34.1 Å². The Kier molecular flexibility index (Phi) is 2.18. The highest BCUT2D eigenvalue weighted by Crippen LogP contribution is 2.41. The number of halogens is 1. The predicted molar refractivity (Wildman–Crippen MR) is 55.2 cm³/mol. The Bertz CT molecular complexity index is 320. The van der Waals surface area contributed by atoms with Gasteiger partial charge in [-0.25, -0.2) is 0 Å². The highest BCUT2D eigenvalue weighted by Gasteiger charge is 2.42. The lowest BCUT2D eigenvalue weighted by molar-refractivity contribution is 0.0206. The van der Waals surface area contributed by atoms with Crippen LogP contribution in [-0.4, -0.2) is 11.2 Å². The van der Waals surface area contributed by atoms with Crippen molar-refractivity contribution < 1.29 is 5.11 Å². The van der Waals surface area contributed by atoms with E-state index in [1.165, 1.54) is 0 Å². The maximum atomic E-state index is 9.24. The molecule has 0 aromatic heterocycles. The minimum absolute atomic E-state index is 0.225. The second-order valence-corrected chi connectivity index (χ2v) is 4.55. The molecule has 0 unspecified atom stereocenters. The number of benzene rings is 1. The fourth-order valence-electron chi connectivity index (χ4n) is 1.87. The summed E-state index contributed by atoms with van der Waals surface area (Å²) in [4.78, 5) is 0. The molecule has 2 rings (SSSR count). The first-order valence-electron chi connectivity index (χ1n) is 4.34. The summed E-state index contributed by atoms with van der Waals surface area (Å²) in [6.45, 7) is 0. The molecular formula is C10H12BrNO. The zero-order valence-corrected chi connectivity index (χ0v) is 8.79. The molecular weight excluding hydrogens is 230 g/mol. The van der Waals surface area contributed by atoms with E-state index in [2.05, 4.69) is 15.9 Å². The molecule has 1 aromatic carbocycles. The number of hydrogen-bond donors (Lipinski definition) is 2. The number of hydrogen-bond acceptors (Lipinski definition) is 2. The van der Waals surface area contributed by atoms with Gasteiger partial charge in [0, 0.05) is 10.0 Å². The van der Waals surface area contributed by atoms with Gasteiger partial charge in [0.25, 0.3) is 0 Å². The van der Waals surface area contributed by atoms with Gasteiger partial charge in [0.1, 0.15) is 0 Å². The molecule has 0 atom stereocenters. The van der Waals surface area contributed by atoms with Crippen molar-refractivity contribution in [1.82, 2.24) is 0 Å². The third kappa shape index (κ3) is 1.52. The van der Waals surface area contributed by atoms with Crippen molar-refractivity contribution in [3.8, 4) is 0 Å². The van der Waals surface area contributed by atoms with Gasteiger partial charge >= 0.3 is 0 Å². The normalized spacial score (nSPS) is 32.7. The Morgan fingerprint density at radius 3 is 2.54 bits per heavy atom. The minimum Gasteiger partial charge on any atom is -0.393 e. The SMILES string of the molecule is NC1(c2ccccc2Br)CC(O)C1. The van der Waals surface area contributed by atoms with Crippen molar-refractivity contribution in [2.24, 2.45) is 5.73 Å². The van der Waals surface area contributed by atoms with Crippen LogP contribution in [0, 0.1) is 0 Å². The topological polar surface area (TPSA) is 46.2 Å². The van der Waals surface area contributed by atoms with Gasteiger partial charge in [-0.3, -0.25) is 0 Å². The lowest BCUT2D eigenvalue weighted by Crippen LogP contribution is -2.51. The minimum atomic E-state index is -0.320. The Morgan fingerprint density at radius 1 is 1.38 bits per heavy atom. The van der Waals surface area contributed by atoms with E-state index in [4.69, 9.17) is 5.73 Å². The second-order valence-electron chi connectivity index (χ2n) is 3.70. The van der Waals surface area contributed by atoms with Gasteiger partial charge in [0.2, 0.25) is 0 Å². The van der Waals surface area contributed by atoms with E-state index in [0.29, 0.717) is 12.8 Å². The molecule has 3 N–H and O–H groups in total. The van der Waals surface area contributed by atoms with Gasteiger partial charge in [0.15, 0.2) is 0 Å². The Hall–Kier alpha value is -0.380. The molecule has 1 saturated carbocycles. The van der Waals surface area contributed by atoms with E-state index >= 15 is 0 Å². The zero-order chi connectivity index (χ0) is 9.47. The van der Waals surface area contributed by atoms with Crippen LogP contribution in [0.4, 0.5) is 0 Å². The van der Waals surface area contributed by atoms with Crippen LogP contribution in [0.5, 0.6) is 0 Å². The summed E-state index contributed by atoms with van der Waals surface area (Å²) in [6, 6.07) is 7.93. The second kappa shape index (κ2) is 3.08. The molecule has 0 aliphatic heterocycles. The van der Waals surface area contributed by atoms with Crippen molar-refractivity contribution in [3.63, 3.8) is 0 Å². The molecule has 0 amide bonds. The fourth-order valence-corrected chi connectivity index (χ4v) is 2.55. The molecule has 0 bridgehead atoms. The van der Waals surface area contributed by atoms with E-state index in [1.54, 1.807) is 0 Å². The van der Waals surface area contributed by atoms with Crippen LogP contribution in [0.2, 0.25) is 0 Å². The van der Waals surface area contributed by atoms with Crippen LogP contribution in [0.1, 0.15) is 18.4 Å². The Balaban J connectivity index is 2.31. The number of rotatable bonds is 1. The van der Waals surface area contributed by atoms with Gasteiger partial charge in [0.05, 0.1) is 6.10 Å². The first-order valence-corrected chi connectivity index (χ1v) is 5.13. The van der Waals surface area contributed by atoms with Crippen molar-refractivity contribution in [1.29, 1.82) is 0 Å². The average Bonchev–Trinajstić information content (AvgIpc) is 2.02. The van der Waals surface area contributed by atoms with E-state index in [9.17, 15) is 5.11 Å². The van der Waals surface area contributed by atoms with Crippen LogP contribution < -0.4 is 5.73 Å². The molecule has 1 aliphatic carbocycles. The smallest absolute Gasteiger partial charge is 0.0582 e. The molecule has 2 nitrogen and oxygen atoms in total. The van der Waals surface area contributed by atoms with Crippen molar-refractivity contribution >= 4 is 15.9 Å². The summed E-state index contributed by atoms with van der Waals surface area (Å²) in [5.74, 6) is 0. The molecule has 3 heteroatoms. The Labute approximate surface area is 85.9 Å². The largest absolute Gasteiger partial charge is 0.393 e. The van der Waals surface area contributed by atoms with Crippen LogP contribution in [0.3, 0.4) is 0 Å². The summed E-state index contributed by atoms with van der Waals surface area (Å²) < 4.78 is 1.03. The maximum absolute atomic E-state index is 9.24. The summed E-state index contributed by atoms with van der Waals surface area (Å²) >= 11 is 3.47.